The first-order valence-electron chi connectivity index (χ1n) is 9.72. The molecule has 0 bridgehead atoms. The minimum atomic E-state index is 0.122. The molecule has 0 aromatic carbocycles. The maximum Gasteiger partial charge on any atom is 0.255 e. The van der Waals surface area contributed by atoms with Gasteiger partial charge in [0.15, 0.2) is 5.65 Å². The molecule has 0 unspecified atom stereocenters. The topological polar surface area (TPSA) is 51.0 Å². The van der Waals surface area contributed by atoms with Gasteiger partial charge in [0, 0.05) is 25.8 Å². The number of carbonyl (C=O) groups excluding carboxylic acids is 1. The first-order valence-corrected chi connectivity index (χ1v) is 9.72. The Labute approximate surface area is 149 Å². The van der Waals surface area contributed by atoms with E-state index in [1.807, 2.05) is 17.3 Å². The molecule has 1 saturated carbocycles. The predicted molar refractivity (Wildman–Crippen MR) is 98.3 cm³/mol. The van der Waals surface area contributed by atoms with Crippen molar-refractivity contribution in [1.82, 2.24) is 19.4 Å². The van der Waals surface area contributed by atoms with E-state index in [1.54, 1.807) is 6.20 Å². The Bertz CT molecular complexity index is 766. The normalized spacial score (nSPS) is 23.9. The molecular formula is C20H28N4O. The lowest BCUT2D eigenvalue weighted by Gasteiger charge is -2.41. The number of piperidine rings is 1. The Morgan fingerprint density at radius 3 is 2.80 bits per heavy atom. The maximum atomic E-state index is 13.0. The van der Waals surface area contributed by atoms with Crippen LogP contribution in [0.4, 0.5) is 0 Å². The van der Waals surface area contributed by atoms with Gasteiger partial charge in [-0.05, 0) is 36.7 Å². The number of aromatic nitrogens is 3. The van der Waals surface area contributed by atoms with E-state index in [-0.39, 0.29) is 5.91 Å². The van der Waals surface area contributed by atoms with Crippen molar-refractivity contribution in [1.29, 1.82) is 0 Å². The molecule has 5 heteroatoms. The van der Waals surface area contributed by atoms with Crippen molar-refractivity contribution in [3.63, 3.8) is 0 Å². The van der Waals surface area contributed by atoms with Gasteiger partial charge in [0.2, 0.25) is 0 Å². The Balaban J connectivity index is 1.52. The summed E-state index contributed by atoms with van der Waals surface area (Å²) in [4.78, 5) is 24.0. The van der Waals surface area contributed by atoms with E-state index in [9.17, 15) is 4.79 Å². The molecule has 1 aliphatic heterocycles. The molecule has 5 nitrogen and oxygen atoms in total. The highest BCUT2D eigenvalue weighted by Gasteiger charge is 2.33. The molecule has 1 aliphatic carbocycles. The van der Waals surface area contributed by atoms with Crippen molar-refractivity contribution >= 4 is 17.1 Å². The molecule has 2 fully saturated rings. The Hall–Kier alpha value is -1.91. The second-order valence-electron chi connectivity index (χ2n) is 8.20. The van der Waals surface area contributed by atoms with Crippen LogP contribution in [-0.4, -0.2) is 38.4 Å². The van der Waals surface area contributed by atoms with Gasteiger partial charge in [-0.1, -0.05) is 33.1 Å². The highest BCUT2D eigenvalue weighted by molar-refractivity contribution is 5.96. The molecule has 2 aromatic rings. The van der Waals surface area contributed by atoms with Crippen molar-refractivity contribution in [3.8, 4) is 0 Å². The van der Waals surface area contributed by atoms with Gasteiger partial charge in [0.05, 0.1) is 11.9 Å². The van der Waals surface area contributed by atoms with E-state index in [0.717, 1.165) is 43.1 Å². The van der Waals surface area contributed by atoms with Crippen molar-refractivity contribution in [2.75, 3.05) is 13.1 Å². The summed E-state index contributed by atoms with van der Waals surface area (Å²) in [6.07, 6.45) is 10.1. The van der Waals surface area contributed by atoms with Crippen LogP contribution < -0.4 is 0 Å². The summed E-state index contributed by atoms with van der Waals surface area (Å²) in [7, 11) is 0. The van der Waals surface area contributed by atoms with E-state index in [0.29, 0.717) is 17.4 Å². The summed E-state index contributed by atoms with van der Waals surface area (Å²) in [5, 5.41) is 0. The number of carbonyl (C=O) groups is 1. The molecule has 2 aromatic heterocycles. The summed E-state index contributed by atoms with van der Waals surface area (Å²) < 4.78 is 2.07. The van der Waals surface area contributed by atoms with E-state index in [2.05, 4.69) is 28.4 Å². The first kappa shape index (κ1) is 16.6. The molecule has 25 heavy (non-hydrogen) atoms. The van der Waals surface area contributed by atoms with Gasteiger partial charge in [-0.25, -0.2) is 9.97 Å². The average molecular weight is 340 g/mol. The van der Waals surface area contributed by atoms with Crippen LogP contribution in [0.25, 0.3) is 11.2 Å². The molecule has 0 radical (unpaired) electrons. The van der Waals surface area contributed by atoms with Crippen LogP contribution in [-0.2, 0) is 6.54 Å². The van der Waals surface area contributed by atoms with Gasteiger partial charge in [0.25, 0.3) is 5.91 Å². The molecule has 2 aliphatic rings. The lowest BCUT2D eigenvalue weighted by atomic mass is 9.75. The molecule has 0 spiro atoms. The Morgan fingerprint density at radius 1 is 1.20 bits per heavy atom. The van der Waals surface area contributed by atoms with Crippen LogP contribution in [0, 0.1) is 17.8 Å². The number of rotatable bonds is 3. The molecule has 3 heterocycles. The van der Waals surface area contributed by atoms with Gasteiger partial charge < -0.3 is 9.47 Å². The number of fused-ring (bicyclic) bond motifs is 2. The molecule has 0 N–H and O–H groups in total. The van der Waals surface area contributed by atoms with Crippen LogP contribution in [0.5, 0.6) is 0 Å². The zero-order valence-corrected chi connectivity index (χ0v) is 15.3. The third kappa shape index (κ3) is 3.29. The Morgan fingerprint density at radius 2 is 2.00 bits per heavy atom. The number of amides is 1. The second-order valence-corrected chi connectivity index (χ2v) is 8.20. The number of likely N-dealkylation sites (tertiary alicyclic amines) is 1. The van der Waals surface area contributed by atoms with Crippen molar-refractivity contribution in [3.05, 3.63) is 24.2 Å². The summed E-state index contributed by atoms with van der Waals surface area (Å²) in [5.74, 6) is 2.20. The summed E-state index contributed by atoms with van der Waals surface area (Å²) >= 11 is 0. The fourth-order valence-corrected chi connectivity index (χ4v) is 4.56. The van der Waals surface area contributed by atoms with Gasteiger partial charge in [-0.3, -0.25) is 4.79 Å². The van der Waals surface area contributed by atoms with E-state index in [4.69, 9.17) is 0 Å². The average Bonchev–Trinajstić information content (AvgIpc) is 3.02. The molecule has 2 atom stereocenters. The molecule has 1 amide bonds. The highest BCUT2D eigenvalue weighted by Crippen LogP contribution is 2.36. The van der Waals surface area contributed by atoms with Crippen LogP contribution in [0.1, 0.15) is 56.3 Å². The highest BCUT2D eigenvalue weighted by atomic mass is 16.2. The first-order chi connectivity index (χ1) is 12.1. The number of hydrogen-bond acceptors (Lipinski definition) is 3. The van der Waals surface area contributed by atoms with Crippen LogP contribution in [0.2, 0.25) is 0 Å². The fraction of sp³-hybridized carbons (Fsp3) is 0.650. The van der Waals surface area contributed by atoms with Gasteiger partial charge in [-0.2, -0.15) is 0 Å². The largest absolute Gasteiger partial charge is 0.338 e. The van der Waals surface area contributed by atoms with Crippen LogP contribution in [0.15, 0.2) is 18.6 Å². The van der Waals surface area contributed by atoms with Gasteiger partial charge in [-0.15, -0.1) is 0 Å². The van der Waals surface area contributed by atoms with Gasteiger partial charge in [0.1, 0.15) is 5.52 Å². The number of pyridine rings is 1. The smallest absolute Gasteiger partial charge is 0.255 e. The van der Waals surface area contributed by atoms with Crippen LogP contribution >= 0.6 is 0 Å². The number of hydrogen-bond donors (Lipinski definition) is 0. The zero-order valence-electron chi connectivity index (χ0n) is 15.3. The molecule has 4 rings (SSSR count). The minimum absolute atomic E-state index is 0.122. The SMILES string of the molecule is CC(C)Cn1cnc2cc(C(=O)N3CC[C@@H]4CCCC[C@H]4C3)cnc21. The molecule has 134 valence electrons. The summed E-state index contributed by atoms with van der Waals surface area (Å²) in [6, 6.07) is 1.91. The maximum absolute atomic E-state index is 13.0. The van der Waals surface area contributed by atoms with Crippen molar-refractivity contribution in [2.45, 2.75) is 52.5 Å². The number of imidazole rings is 1. The van der Waals surface area contributed by atoms with E-state index in [1.165, 1.54) is 25.7 Å². The molecular weight excluding hydrogens is 312 g/mol. The van der Waals surface area contributed by atoms with E-state index < -0.39 is 0 Å². The summed E-state index contributed by atoms with van der Waals surface area (Å²) in [6.45, 7) is 7.06. The monoisotopic (exact) mass is 340 g/mol. The predicted octanol–water partition coefficient (Wildman–Crippen LogP) is 3.74. The summed E-state index contributed by atoms with van der Waals surface area (Å²) in [5.41, 5.74) is 2.37. The van der Waals surface area contributed by atoms with Crippen LogP contribution in [0.3, 0.4) is 0 Å². The second kappa shape index (κ2) is 6.77. The number of nitrogens with zero attached hydrogens (tertiary/aromatic N) is 4. The fourth-order valence-electron chi connectivity index (χ4n) is 4.56. The van der Waals surface area contributed by atoms with Crippen molar-refractivity contribution < 1.29 is 4.79 Å². The third-order valence-electron chi connectivity index (χ3n) is 5.84. The minimum Gasteiger partial charge on any atom is -0.338 e. The van der Waals surface area contributed by atoms with Gasteiger partial charge >= 0.3 is 0 Å². The zero-order chi connectivity index (χ0) is 17.4. The standard InChI is InChI=1S/C20H28N4O/c1-14(2)11-24-13-22-18-9-17(10-21-19(18)24)20(25)23-8-7-15-5-3-4-6-16(15)12-23/h9-10,13-16H,3-8,11-12H2,1-2H3/t15-,16-/m0/s1. The quantitative estimate of drug-likeness (QED) is 0.855. The lowest BCUT2D eigenvalue weighted by molar-refractivity contribution is 0.0520. The Kier molecular flexibility index (Phi) is 4.48. The van der Waals surface area contributed by atoms with E-state index >= 15 is 0 Å². The van der Waals surface area contributed by atoms with Crippen molar-refractivity contribution in [2.24, 2.45) is 17.8 Å². The lowest BCUT2D eigenvalue weighted by Crippen LogP contribution is -2.44. The third-order valence-corrected chi connectivity index (χ3v) is 5.84. The molecule has 1 saturated heterocycles.